The van der Waals surface area contributed by atoms with E-state index in [1.54, 1.807) is 0 Å². The van der Waals surface area contributed by atoms with Gasteiger partial charge in [0.2, 0.25) is 0 Å². The third-order valence-electron chi connectivity index (χ3n) is 4.60. The van der Waals surface area contributed by atoms with Crippen molar-refractivity contribution in [3.63, 3.8) is 0 Å². The van der Waals surface area contributed by atoms with Crippen LogP contribution in [0.1, 0.15) is 30.5 Å². The van der Waals surface area contributed by atoms with E-state index in [9.17, 15) is 0 Å². The molecule has 1 aliphatic heterocycles. The monoisotopic (exact) mass is 463 g/mol. The maximum Gasteiger partial charge on any atom is 0.154 e. The molecule has 0 amide bonds. The first-order chi connectivity index (χ1) is 14.7. The van der Waals surface area contributed by atoms with Crippen LogP contribution in [0.3, 0.4) is 0 Å². The average Bonchev–Trinajstić information content (AvgIpc) is 2.95. The maximum absolute atomic E-state index is 5.72. The molecule has 0 saturated carbocycles. The summed E-state index contributed by atoms with van der Waals surface area (Å²) in [5.74, 6) is 2.31. The fraction of sp³-hybridized carbons (Fsp3) is 0.167. The summed E-state index contributed by atoms with van der Waals surface area (Å²) in [6, 6.07) is 21.8. The molecule has 1 N–H and O–H groups in total. The minimum absolute atomic E-state index is 0.597. The predicted octanol–water partition coefficient (Wildman–Crippen LogP) is 5.68. The second-order valence-corrected chi connectivity index (χ2v) is 7.52. The van der Waals surface area contributed by atoms with Gasteiger partial charge in [-0.05, 0) is 68.4 Å². The van der Waals surface area contributed by atoms with Crippen LogP contribution in [0.2, 0.25) is 0 Å². The van der Waals surface area contributed by atoms with Crippen molar-refractivity contribution in [2.75, 3.05) is 13.2 Å². The molecule has 0 atom stereocenters. The van der Waals surface area contributed by atoms with Gasteiger partial charge in [0, 0.05) is 21.2 Å². The Hall–Kier alpha value is -3.12. The Morgan fingerprint density at radius 2 is 1.43 bits per heavy atom. The molecular formula is C24H22BrN3O2. The molecular weight excluding hydrogens is 442 g/mol. The van der Waals surface area contributed by atoms with Gasteiger partial charge in [-0.25, -0.2) is 4.99 Å². The van der Waals surface area contributed by atoms with E-state index in [0.717, 1.165) is 44.1 Å². The second-order valence-electron chi connectivity index (χ2n) is 6.61. The zero-order chi connectivity index (χ0) is 20.9. The molecule has 0 aromatic heterocycles. The molecule has 1 heterocycles. The number of nitrogens with one attached hydrogen (secondary N) is 1. The predicted molar refractivity (Wildman–Crippen MR) is 124 cm³/mol. The van der Waals surface area contributed by atoms with Crippen LogP contribution in [0.25, 0.3) is 0 Å². The number of rotatable bonds is 6. The summed E-state index contributed by atoms with van der Waals surface area (Å²) in [6.45, 7) is 5.17. The summed E-state index contributed by atoms with van der Waals surface area (Å²) in [6.07, 6.45) is 0. The highest BCUT2D eigenvalue weighted by Gasteiger charge is 2.18. The molecule has 3 aromatic carbocycles. The Labute approximate surface area is 184 Å². The molecule has 152 valence electrons. The van der Waals surface area contributed by atoms with Gasteiger partial charge in [0.05, 0.1) is 18.9 Å². The van der Waals surface area contributed by atoms with Crippen LogP contribution in [-0.2, 0) is 0 Å². The number of aliphatic imine (C=N–C) groups is 1. The standard InChI is InChI=1S/C24H22BrN3O2/c1-3-29-19-11-7-16(8-12-19)23-21-15-20(30-4-2)13-14-22(21)26-24(28-27-23)17-5-9-18(25)10-6-17/h5-15H,3-4H2,1-2H3,(H,26,28). The Morgan fingerprint density at radius 3 is 2.13 bits per heavy atom. The third-order valence-corrected chi connectivity index (χ3v) is 5.13. The molecule has 0 fully saturated rings. The van der Waals surface area contributed by atoms with Crippen LogP contribution in [0.5, 0.6) is 11.5 Å². The summed E-state index contributed by atoms with van der Waals surface area (Å²) in [7, 11) is 0. The molecule has 3 aromatic rings. The van der Waals surface area contributed by atoms with Crippen molar-refractivity contribution in [2.24, 2.45) is 10.1 Å². The topological polar surface area (TPSA) is 55.2 Å². The lowest BCUT2D eigenvalue weighted by Crippen LogP contribution is -2.19. The summed E-state index contributed by atoms with van der Waals surface area (Å²) in [5.41, 5.74) is 7.61. The van der Waals surface area contributed by atoms with E-state index in [1.807, 2.05) is 80.6 Å². The highest BCUT2D eigenvalue weighted by atomic mass is 79.9. The van der Waals surface area contributed by atoms with Gasteiger partial charge in [0.15, 0.2) is 5.84 Å². The van der Waals surface area contributed by atoms with Gasteiger partial charge in [-0.15, -0.1) is 0 Å². The largest absolute Gasteiger partial charge is 0.494 e. The molecule has 0 saturated heterocycles. The van der Waals surface area contributed by atoms with Crippen molar-refractivity contribution in [3.8, 4) is 11.5 Å². The summed E-state index contributed by atoms with van der Waals surface area (Å²) < 4.78 is 12.3. The van der Waals surface area contributed by atoms with E-state index in [-0.39, 0.29) is 0 Å². The Morgan fingerprint density at radius 1 is 0.800 bits per heavy atom. The zero-order valence-corrected chi connectivity index (χ0v) is 18.4. The molecule has 6 heteroatoms. The molecule has 0 radical (unpaired) electrons. The van der Waals surface area contributed by atoms with E-state index in [4.69, 9.17) is 19.6 Å². The van der Waals surface area contributed by atoms with Crippen molar-refractivity contribution in [1.82, 2.24) is 5.43 Å². The zero-order valence-electron chi connectivity index (χ0n) is 16.9. The second kappa shape index (κ2) is 9.13. The van der Waals surface area contributed by atoms with Gasteiger partial charge < -0.3 is 9.47 Å². The van der Waals surface area contributed by atoms with E-state index in [2.05, 4.69) is 21.4 Å². The smallest absolute Gasteiger partial charge is 0.154 e. The van der Waals surface area contributed by atoms with Crippen LogP contribution in [0, 0.1) is 0 Å². The van der Waals surface area contributed by atoms with Gasteiger partial charge in [-0.2, -0.15) is 5.10 Å². The number of amidine groups is 1. The lowest BCUT2D eigenvalue weighted by atomic mass is 10.0. The molecule has 4 rings (SSSR count). The van der Waals surface area contributed by atoms with Crippen molar-refractivity contribution in [1.29, 1.82) is 0 Å². The number of hydrazone groups is 1. The molecule has 0 unspecified atom stereocenters. The number of fused-ring (bicyclic) bond motifs is 1. The molecule has 1 aliphatic rings. The van der Waals surface area contributed by atoms with E-state index >= 15 is 0 Å². The van der Waals surface area contributed by atoms with Gasteiger partial charge in [-0.1, -0.05) is 28.1 Å². The molecule has 0 bridgehead atoms. The fourth-order valence-electron chi connectivity index (χ4n) is 3.21. The van der Waals surface area contributed by atoms with Crippen LogP contribution >= 0.6 is 15.9 Å². The first kappa shape index (κ1) is 20.2. The fourth-order valence-corrected chi connectivity index (χ4v) is 3.47. The summed E-state index contributed by atoms with van der Waals surface area (Å²) in [5, 5.41) is 4.72. The van der Waals surface area contributed by atoms with E-state index < -0.39 is 0 Å². The highest BCUT2D eigenvalue weighted by molar-refractivity contribution is 9.10. The van der Waals surface area contributed by atoms with Crippen LogP contribution in [0.4, 0.5) is 5.69 Å². The van der Waals surface area contributed by atoms with Gasteiger partial charge in [0.25, 0.3) is 0 Å². The normalized spacial score (nSPS) is 12.8. The number of hydrogen-bond donors (Lipinski definition) is 1. The van der Waals surface area contributed by atoms with E-state index in [1.165, 1.54) is 0 Å². The summed E-state index contributed by atoms with van der Waals surface area (Å²) >= 11 is 3.48. The minimum Gasteiger partial charge on any atom is -0.494 e. The molecule has 5 nitrogen and oxygen atoms in total. The van der Waals surface area contributed by atoms with Crippen molar-refractivity contribution in [2.45, 2.75) is 13.8 Å². The first-order valence-electron chi connectivity index (χ1n) is 9.86. The van der Waals surface area contributed by atoms with Crippen molar-refractivity contribution in [3.05, 3.63) is 87.9 Å². The lowest BCUT2D eigenvalue weighted by molar-refractivity contribution is 0.340. The van der Waals surface area contributed by atoms with Gasteiger partial charge in [0.1, 0.15) is 17.2 Å². The number of benzene rings is 3. The molecule has 30 heavy (non-hydrogen) atoms. The first-order valence-corrected chi connectivity index (χ1v) is 10.7. The number of hydrogen-bond acceptors (Lipinski definition) is 5. The maximum atomic E-state index is 5.72. The van der Waals surface area contributed by atoms with Crippen LogP contribution in [0.15, 0.2) is 81.3 Å². The Balaban J connectivity index is 1.79. The lowest BCUT2D eigenvalue weighted by Gasteiger charge is -2.11. The van der Waals surface area contributed by atoms with Crippen LogP contribution in [-0.4, -0.2) is 24.8 Å². The number of ether oxygens (including phenoxy) is 2. The van der Waals surface area contributed by atoms with Crippen LogP contribution < -0.4 is 14.9 Å². The molecule has 0 spiro atoms. The SMILES string of the molecule is CCOc1ccc(C2=NNC(c3ccc(Br)cc3)=Nc3ccc(OCC)cc32)cc1. The number of halogens is 1. The van der Waals surface area contributed by atoms with Crippen molar-refractivity contribution < 1.29 is 9.47 Å². The highest BCUT2D eigenvalue weighted by Crippen LogP contribution is 2.30. The van der Waals surface area contributed by atoms with Gasteiger partial charge in [-0.3, -0.25) is 5.43 Å². The Bertz CT molecular complexity index is 1090. The average molecular weight is 464 g/mol. The Kier molecular flexibility index (Phi) is 6.14. The third kappa shape index (κ3) is 4.39. The number of nitrogens with zero attached hydrogens (tertiary/aromatic N) is 2. The van der Waals surface area contributed by atoms with E-state index in [0.29, 0.717) is 19.0 Å². The van der Waals surface area contributed by atoms with Crippen molar-refractivity contribution >= 4 is 33.2 Å². The minimum atomic E-state index is 0.597. The molecule has 0 aliphatic carbocycles. The quantitative estimate of drug-likeness (QED) is 0.511. The van der Waals surface area contributed by atoms with Gasteiger partial charge >= 0.3 is 0 Å². The summed E-state index contributed by atoms with van der Waals surface area (Å²) in [4.78, 5) is 4.86.